The van der Waals surface area contributed by atoms with E-state index in [0.29, 0.717) is 11.1 Å². The zero-order chi connectivity index (χ0) is 15.7. The molecule has 110 valence electrons. The fourth-order valence-corrected chi connectivity index (χ4v) is 2.01. The summed E-state index contributed by atoms with van der Waals surface area (Å²) in [6, 6.07) is 1.93. The molecule has 0 fully saturated rings. The van der Waals surface area contributed by atoms with E-state index in [2.05, 4.69) is 26.1 Å². The second-order valence-electron chi connectivity index (χ2n) is 4.14. The van der Waals surface area contributed by atoms with Crippen molar-refractivity contribution in [1.82, 2.24) is 10.2 Å². The summed E-state index contributed by atoms with van der Waals surface area (Å²) in [5.74, 6) is -0.923. The molecule has 0 aliphatic heterocycles. The number of ether oxygens (including phenoxy) is 1. The lowest BCUT2D eigenvalue weighted by Crippen LogP contribution is -2.00. The summed E-state index contributed by atoms with van der Waals surface area (Å²) in [6.45, 7) is 3.38. The van der Waals surface area contributed by atoms with Crippen molar-refractivity contribution in [3.8, 4) is 11.6 Å². The van der Waals surface area contributed by atoms with Crippen LogP contribution in [0.15, 0.2) is 16.6 Å². The van der Waals surface area contributed by atoms with Gasteiger partial charge >= 0.3 is 5.69 Å². The third-order valence-corrected chi connectivity index (χ3v) is 3.79. The van der Waals surface area contributed by atoms with Gasteiger partial charge < -0.3 is 4.74 Å². The quantitative estimate of drug-likeness (QED) is 0.588. The van der Waals surface area contributed by atoms with Crippen LogP contribution in [0.4, 0.5) is 10.1 Å². The van der Waals surface area contributed by atoms with Gasteiger partial charge in [-0.3, -0.25) is 10.1 Å². The number of nitrogens with zero attached hydrogens (tertiary/aromatic N) is 3. The predicted octanol–water partition coefficient (Wildman–Crippen LogP) is 4.35. The Bertz CT molecular complexity index is 742. The Morgan fingerprint density at radius 3 is 2.62 bits per heavy atom. The van der Waals surface area contributed by atoms with Crippen LogP contribution >= 0.6 is 27.5 Å². The standard InChI is InChI=1S/C12H8BrClFN3O3/c1-5-6(2)12(17-16-11(5)14)21-10-4-8(15)7(13)3-9(10)18(19)20/h3-4H,1-2H3. The molecule has 1 aromatic carbocycles. The minimum Gasteiger partial charge on any atom is -0.430 e. The summed E-state index contributed by atoms with van der Waals surface area (Å²) in [5.41, 5.74) is 0.798. The molecule has 0 radical (unpaired) electrons. The number of hydrogen-bond donors (Lipinski definition) is 0. The molecule has 0 spiro atoms. The van der Waals surface area contributed by atoms with Crippen LogP contribution in [-0.2, 0) is 0 Å². The highest BCUT2D eigenvalue weighted by Crippen LogP contribution is 2.36. The van der Waals surface area contributed by atoms with Crippen molar-refractivity contribution in [3.05, 3.63) is 48.8 Å². The minimum absolute atomic E-state index is 0.0294. The molecule has 1 aromatic heterocycles. The fraction of sp³-hybridized carbons (Fsp3) is 0.167. The largest absolute Gasteiger partial charge is 0.430 e. The van der Waals surface area contributed by atoms with Gasteiger partial charge in [-0.1, -0.05) is 11.6 Å². The van der Waals surface area contributed by atoms with Gasteiger partial charge in [-0.25, -0.2) is 4.39 Å². The summed E-state index contributed by atoms with van der Waals surface area (Å²) in [6.07, 6.45) is 0. The highest BCUT2D eigenvalue weighted by atomic mass is 79.9. The van der Waals surface area contributed by atoms with E-state index in [1.807, 2.05) is 0 Å². The summed E-state index contributed by atoms with van der Waals surface area (Å²) >= 11 is 8.70. The zero-order valence-electron chi connectivity index (χ0n) is 10.9. The topological polar surface area (TPSA) is 78.2 Å². The molecule has 0 N–H and O–H groups in total. The molecule has 0 atom stereocenters. The second kappa shape index (κ2) is 5.90. The molecule has 1 heterocycles. The predicted molar refractivity (Wildman–Crippen MR) is 77.3 cm³/mol. The lowest BCUT2D eigenvalue weighted by Gasteiger charge is -2.10. The minimum atomic E-state index is -0.688. The molecule has 21 heavy (non-hydrogen) atoms. The molecular weight excluding hydrogens is 369 g/mol. The first-order chi connectivity index (χ1) is 9.81. The van der Waals surface area contributed by atoms with Crippen LogP contribution in [0, 0.1) is 29.8 Å². The van der Waals surface area contributed by atoms with Gasteiger partial charge in [-0.05, 0) is 35.3 Å². The summed E-state index contributed by atoms with van der Waals surface area (Å²) < 4.78 is 18.9. The average Bonchev–Trinajstić information content (AvgIpc) is 2.43. The molecule has 0 unspecified atom stereocenters. The van der Waals surface area contributed by atoms with Gasteiger partial charge in [0.2, 0.25) is 11.6 Å². The molecule has 0 aliphatic carbocycles. The molecule has 0 bridgehead atoms. The first-order valence-corrected chi connectivity index (χ1v) is 6.79. The Morgan fingerprint density at radius 2 is 2.00 bits per heavy atom. The molecule has 9 heteroatoms. The maximum atomic E-state index is 13.6. The second-order valence-corrected chi connectivity index (χ2v) is 5.35. The molecule has 0 saturated carbocycles. The third-order valence-electron chi connectivity index (χ3n) is 2.83. The number of benzene rings is 1. The highest BCUT2D eigenvalue weighted by Gasteiger charge is 2.21. The van der Waals surface area contributed by atoms with Crippen LogP contribution in [0.25, 0.3) is 0 Å². The summed E-state index contributed by atoms with van der Waals surface area (Å²) in [5, 5.41) is 18.6. The van der Waals surface area contributed by atoms with Crippen LogP contribution in [0.3, 0.4) is 0 Å². The van der Waals surface area contributed by atoms with Crippen molar-refractivity contribution in [1.29, 1.82) is 0 Å². The Kier molecular flexibility index (Phi) is 4.38. The number of hydrogen-bond acceptors (Lipinski definition) is 5. The first kappa shape index (κ1) is 15.6. The fourth-order valence-electron chi connectivity index (χ4n) is 1.50. The SMILES string of the molecule is Cc1c(Cl)nnc(Oc2cc(F)c(Br)cc2[N+](=O)[O-])c1C. The smallest absolute Gasteiger partial charge is 0.312 e. The van der Waals surface area contributed by atoms with E-state index in [0.717, 1.165) is 12.1 Å². The Morgan fingerprint density at radius 1 is 1.33 bits per heavy atom. The van der Waals surface area contributed by atoms with Crippen LogP contribution < -0.4 is 4.74 Å². The normalized spacial score (nSPS) is 10.5. The van der Waals surface area contributed by atoms with Gasteiger partial charge in [0.15, 0.2) is 5.15 Å². The van der Waals surface area contributed by atoms with E-state index in [4.69, 9.17) is 16.3 Å². The van der Waals surface area contributed by atoms with E-state index < -0.39 is 16.4 Å². The Labute approximate surface area is 132 Å². The summed E-state index contributed by atoms with van der Waals surface area (Å²) in [7, 11) is 0. The monoisotopic (exact) mass is 375 g/mol. The van der Waals surface area contributed by atoms with Crippen LogP contribution in [0.1, 0.15) is 11.1 Å². The van der Waals surface area contributed by atoms with E-state index >= 15 is 0 Å². The number of halogens is 3. The van der Waals surface area contributed by atoms with Crippen LogP contribution in [-0.4, -0.2) is 15.1 Å². The third kappa shape index (κ3) is 3.11. The molecule has 6 nitrogen and oxygen atoms in total. The van der Waals surface area contributed by atoms with Gasteiger partial charge in [-0.15, -0.1) is 10.2 Å². The zero-order valence-corrected chi connectivity index (χ0v) is 13.2. The van der Waals surface area contributed by atoms with Crippen molar-refractivity contribution >= 4 is 33.2 Å². The lowest BCUT2D eigenvalue weighted by atomic mass is 10.2. The number of nitro benzene ring substituents is 1. The Balaban J connectivity index is 2.51. The van der Waals surface area contributed by atoms with Crippen molar-refractivity contribution in [3.63, 3.8) is 0 Å². The van der Waals surface area contributed by atoms with E-state index in [9.17, 15) is 14.5 Å². The van der Waals surface area contributed by atoms with E-state index in [1.54, 1.807) is 13.8 Å². The summed E-state index contributed by atoms with van der Waals surface area (Å²) in [4.78, 5) is 10.3. The maximum Gasteiger partial charge on any atom is 0.312 e. The maximum absolute atomic E-state index is 13.6. The number of rotatable bonds is 3. The highest BCUT2D eigenvalue weighted by molar-refractivity contribution is 9.10. The average molecular weight is 377 g/mol. The molecule has 0 amide bonds. The van der Waals surface area contributed by atoms with E-state index in [-0.39, 0.29) is 21.3 Å². The van der Waals surface area contributed by atoms with Crippen molar-refractivity contribution < 1.29 is 14.1 Å². The van der Waals surface area contributed by atoms with E-state index in [1.165, 1.54) is 0 Å². The van der Waals surface area contributed by atoms with Gasteiger partial charge in [0, 0.05) is 17.7 Å². The molecular formula is C12H8BrClFN3O3. The van der Waals surface area contributed by atoms with Gasteiger partial charge in [0.25, 0.3) is 0 Å². The first-order valence-electron chi connectivity index (χ1n) is 5.62. The molecule has 2 rings (SSSR count). The van der Waals surface area contributed by atoms with Gasteiger partial charge in [0.05, 0.1) is 9.40 Å². The van der Waals surface area contributed by atoms with Crippen molar-refractivity contribution in [2.45, 2.75) is 13.8 Å². The van der Waals surface area contributed by atoms with Crippen molar-refractivity contribution in [2.75, 3.05) is 0 Å². The Hall–Kier alpha value is -1.80. The molecule has 2 aromatic rings. The van der Waals surface area contributed by atoms with Crippen molar-refractivity contribution in [2.24, 2.45) is 0 Å². The lowest BCUT2D eigenvalue weighted by molar-refractivity contribution is -0.385. The molecule has 0 saturated heterocycles. The van der Waals surface area contributed by atoms with Gasteiger partial charge in [0.1, 0.15) is 5.82 Å². The molecule has 0 aliphatic rings. The van der Waals surface area contributed by atoms with Gasteiger partial charge in [-0.2, -0.15) is 0 Å². The van der Waals surface area contributed by atoms with Crippen LogP contribution in [0.5, 0.6) is 11.6 Å². The number of nitro groups is 1. The number of aromatic nitrogens is 2. The van der Waals surface area contributed by atoms with Crippen LogP contribution in [0.2, 0.25) is 5.15 Å².